The van der Waals surface area contributed by atoms with Crippen molar-refractivity contribution in [1.82, 2.24) is 15.3 Å². The smallest absolute Gasteiger partial charge is 0.262 e. The number of phenolic OH excluding ortho intramolecular Hbond substituents is 1. The van der Waals surface area contributed by atoms with Crippen LogP contribution < -0.4 is 5.43 Å². The van der Waals surface area contributed by atoms with Gasteiger partial charge in [-0.1, -0.05) is 30.3 Å². The molecule has 4 rings (SSSR count). The van der Waals surface area contributed by atoms with Crippen molar-refractivity contribution in [2.24, 2.45) is 5.10 Å². The summed E-state index contributed by atoms with van der Waals surface area (Å²) < 4.78 is 5.42. The summed E-state index contributed by atoms with van der Waals surface area (Å²) in [5, 5.41) is 16.2. The lowest BCUT2D eigenvalue weighted by Gasteiger charge is -2.33. The number of ether oxygens (including phenoxy) is 1. The van der Waals surface area contributed by atoms with E-state index in [0.29, 0.717) is 31.9 Å². The third-order valence-corrected chi connectivity index (χ3v) is 5.00. The number of nitrogens with zero attached hydrogens (tertiary/aromatic N) is 3. The van der Waals surface area contributed by atoms with Crippen LogP contribution in [-0.2, 0) is 9.53 Å². The molecule has 1 amide bonds. The van der Waals surface area contributed by atoms with E-state index in [-0.39, 0.29) is 11.7 Å². The molecule has 0 saturated carbocycles. The molecule has 1 aliphatic rings. The van der Waals surface area contributed by atoms with Gasteiger partial charge in [-0.25, -0.2) is 5.43 Å². The Labute approximate surface area is 168 Å². The van der Waals surface area contributed by atoms with E-state index in [2.05, 4.69) is 20.4 Å². The van der Waals surface area contributed by atoms with Gasteiger partial charge < -0.3 is 9.84 Å². The number of fused-ring (bicyclic) bond motifs is 1. The Balaban J connectivity index is 1.56. The van der Waals surface area contributed by atoms with Crippen LogP contribution in [0.25, 0.3) is 10.8 Å². The average Bonchev–Trinajstić information content (AvgIpc) is 2.77. The molecule has 0 aliphatic carbocycles. The summed E-state index contributed by atoms with van der Waals surface area (Å²) in [6.45, 7) is 2.49. The highest BCUT2D eigenvalue weighted by Gasteiger charge is 2.28. The van der Waals surface area contributed by atoms with E-state index in [1.807, 2.05) is 42.5 Å². The molecule has 2 N–H and O–H groups in total. The molecule has 0 unspecified atom stereocenters. The average molecular weight is 390 g/mol. The van der Waals surface area contributed by atoms with Gasteiger partial charge in [0.25, 0.3) is 5.91 Å². The Hall–Kier alpha value is -3.29. The van der Waals surface area contributed by atoms with E-state index in [1.54, 1.807) is 18.5 Å². The predicted octanol–water partition coefficient (Wildman–Crippen LogP) is 2.46. The maximum absolute atomic E-state index is 13.0. The Morgan fingerprint density at radius 3 is 2.69 bits per heavy atom. The number of nitrogens with one attached hydrogen (secondary N) is 1. The van der Waals surface area contributed by atoms with Crippen molar-refractivity contribution in [2.75, 3.05) is 26.3 Å². The minimum atomic E-state index is -0.486. The van der Waals surface area contributed by atoms with Crippen LogP contribution in [0.4, 0.5) is 0 Å². The molecule has 2 heterocycles. The Kier molecular flexibility index (Phi) is 5.79. The molecular formula is C22H22N4O3. The first-order chi connectivity index (χ1) is 14.2. The van der Waals surface area contributed by atoms with Gasteiger partial charge in [-0.05, 0) is 34.5 Å². The molecule has 29 heavy (non-hydrogen) atoms. The number of phenols is 1. The SMILES string of the molecule is O=C(N/N=C\c1c(O)ccc2ccccc12)[C@@H](c1ccncc1)N1CCOCC1. The maximum atomic E-state index is 13.0. The van der Waals surface area contributed by atoms with Gasteiger partial charge in [0, 0.05) is 31.0 Å². The van der Waals surface area contributed by atoms with Crippen molar-refractivity contribution in [3.05, 3.63) is 72.1 Å². The number of aromatic nitrogens is 1. The van der Waals surface area contributed by atoms with Crippen LogP contribution in [-0.4, -0.2) is 53.4 Å². The van der Waals surface area contributed by atoms with E-state index in [4.69, 9.17) is 4.74 Å². The van der Waals surface area contributed by atoms with Gasteiger partial charge >= 0.3 is 0 Å². The third kappa shape index (κ3) is 4.26. The number of benzene rings is 2. The zero-order chi connectivity index (χ0) is 20.1. The van der Waals surface area contributed by atoms with Crippen LogP contribution in [0.5, 0.6) is 5.75 Å². The molecule has 7 nitrogen and oxygen atoms in total. The highest BCUT2D eigenvalue weighted by molar-refractivity contribution is 6.02. The molecular weight excluding hydrogens is 368 g/mol. The number of hydrogen-bond donors (Lipinski definition) is 2. The number of hydrogen-bond acceptors (Lipinski definition) is 6. The molecule has 148 valence electrons. The monoisotopic (exact) mass is 390 g/mol. The van der Waals surface area contributed by atoms with Crippen molar-refractivity contribution >= 4 is 22.9 Å². The summed E-state index contributed by atoms with van der Waals surface area (Å²) in [7, 11) is 0. The van der Waals surface area contributed by atoms with Crippen molar-refractivity contribution in [2.45, 2.75) is 6.04 Å². The largest absolute Gasteiger partial charge is 0.507 e. The number of rotatable bonds is 5. The highest BCUT2D eigenvalue weighted by atomic mass is 16.5. The standard InChI is InChI=1S/C22H22N4O3/c27-20-6-5-16-3-1-2-4-18(16)19(20)15-24-25-22(28)21(17-7-9-23-10-8-17)26-11-13-29-14-12-26/h1-10,15,21,27H,11-14H2,(H,25,28)/b24-15-/t21-/m1/s1. The summed E-state index contributed by atoms with van der Waals surface area (Å²) >= 11 is 0. The van der Waals surface area contributed by atoms with Gasteiger partial charge in [-0.15, -0.1) is 0 Å². The Morgan fingerprint density at radius 2 is 1.90 bits per heavy atom. The minimum absolute atomic E-state index is 0.112. The lowest BCUT2D eigenvalue weighted by atomic mass is 10.0. The van der Waals surface area contributed by atoms with Crippen LogP contribution in [0.15, 0.2) is 66.0 Å². The maximum Gasteiger partial charge on any atom is 0.262 e. The molecule has 0 radical (unpaired) electrons. The summed E-state index contributed by atoms with van der Waals surface area (Å²) in [6.07, 6.45) is 4.83. The number of hydrazone groups is 1. The van der Waals surface area contributed by atoms with E-state index in [9.17, 15) is 9.90 Å². The van der Waals surface area contributed by atoms with Gasteiger partial charge in [0.2, 0.25) is 0 Å². The first kappa shape index (κ1) is 19.0. The fourth-order valence-corrected chi connectivity index (χ4v) is 3.55. The Bertz CT molecular complexity index is 1020. The number of amides is 1. The second-order valence-electron chi connectivity index (χ2n) is 6.79. The first-order valence-electron chi connectivity index (χ1n) is 9.49. The van der Waals surface area contributed by atoms with Gasteiger partial charge in [0.05, 0.1) is 19.4 Å². The molecule has 2 aromatic carbocycles. The van der Waals surface area contributed by atoms with E-state index >= 15 is 0 Å². The van der Waals surface area contributed by atoms with Crippen LogP contribution in [0.1, 0.15) is 17.2 Å². The minimum Gasteiger partial charge on any atom is -0.507 e. The van der Waals surface area contributed by atoms with Crippen molar-refractivity contribution in [3.63, 3.8) is 0 Å². The van der Waals surface area contributed by atoms with Gasteiger partial charge in [-0.3, -0.25) is 14.7 Å². The van der Waals surface area contributed by atoms with Crippen LogP contribution in [0.3, 0.4) is 0 Å². The number of carbonyl (C=O) groups excluding carboxylic acids is 1. The summed E-state index contributed by atoms with van der Waals surface area (Å²) in [5.74, 6) is -0.130. The molecule has 1 fully saturated rings. The van der Waals surface area contributed by atoms with Crippen LogP contribution in [0.2, 0.25) is 0 Å². The zero-order valence-electron chi connectivity index (χ0n) is 15.9. The normalized spacial score (nSPS) is 16.1. The first-order valence-corrected chi connectivity index (χ1v) is 9.49. The predicted molar refractivity (Wildman–Crippen MR) is 111 cm³/mol. The molecule has 0 spiro atoms. The molecule has 3 aromatic rings. The summed E-state index contributed by atoms with van der Waals surface area (Å²) in [5.41, 5.74) is 4.05. The summed E-state index contributed by atoms with van der Waals surface area (Å²) in [4.78, 5) is 19.1. The van der Waals surface area contributed by atoms with Gasteiger partial charge in [0.15, 0.2) is 0 Å². The second kappa shape index (κ2) is 8.81. The van der Waals surface area contributed by atoms with E-state index in [0.717, 1.165) is 16.3 Å². The molecule has 1 aromatic heterocycles. The Morgan fingerprint density at radius 1 is 1.14 bits per heavy atom. The zero-order valence-corrected chi connectivity index (χ0v) is 15.9. The number of aromatic hydroxyl groups is 1. The fraction of sp³-hybridized carbons (Fsp3) is 0.227. The van der Waals surface area contributed by atoms with Crippen LogP contribution >= 0.6 is 0 Å². The number of morpholine rings is 1. The molecule has 1 saturated heterocycles. The molecule has 7 heteroatoms. The van der Waals surface area contributed by atoms with E-state index < -0.39 is 6.04 Å². The number of pyridine rings is 1. The van der Waals surface area contributed by atoms with E-state index in [1.165, 1.54) is 6.21 Å². The lowest BCUT2D eigenvalue weighted by Crippen LogP contribution is -2.44. The van der Waals surface area contributed by atoms with Crippen molar-refractivity contribution < 1.29 is 14.6 Å². The lowest BCUT2D eigenvalue weighted by molar-refractivity contribution is -0.128. The fourth-order valence-electron chi connectivity index (χ4n) is 3.55. The van der Waals surface area contributed by atoms with Crippen molar-refractivity contribution in [1.29, 1.82) is 0 Å². The molecule has 1 aliphatic heterocycles. The summed E-state index contributed by atoms with van der Waals surface area (Å²) in [6, 6.07) is 14.4. The molecule has 1 atom stereocenters. The van der Waals surface area contributed by atoms with Gasteiger partial charge in [0.1, 0.15) is 11.8 Å². The molecule has 0 bridgehead atoms. The second-order valence-corrected chi connectivity index (χ2v) is 6.79. The van der Waals surface area contributed by atoms with Crippen LogP contribution in [0, 0.1) is 0 Å². The third-order valence-electron chi connectivity index (χ3n) is 5.00. The van der Waals surface area contributed by atoms with Crippen molar-refractivity contribution in [3.8, 4) is 5.75 Å². The highest BCUT2D eigenvalue weighted by Crippen LogP contribution is 2.25. The number of carbonyl (C=O) groups is 1. The quantitative estimate of drug-likeness (QED) is 0.516. The topological polar surface area (TPSA) is 87.0 Å². The van der Waals surface area contributed by atoms with Gasteiger partial charge in [-0.2, -0.15) is 5.10 Å².